The van der Waals surface area contributed by atoms with Crippen LogP contribution in [0.5, 0.6) is 0 Å². The summed E-state index contributed by atoms with van der Waals surface area (Å²) in [4.78, 5) is 3.73. The lowest BCUT2D eigenvalue weighted by atomic mass is 9.97. The van der Waals surface area contributed by atoms with Gasteiger partial charge >= 0.3 is 0 Å². The van der Waals surface area contributed by atoms with Gasteiger partial charge in [-0.3, -0.25) is 4.98 Å². The number of nitrogens with two attached hydrogens (primary N) is 1. The number of nitrogens with zero attached hydrogens (tertiary/aromatic N) is 1. The second-order valence-corrected chi connectivity index (χ2v) is 4.40. The summed E-state index contributed by atoms with van der Waals surface area (Å²) >= 11 is 0. The van der Waals surface area contributed by atoms with Crippen LogP contribution in [0.25, 0.3) is 0 Å². The van der Waals surface area contributed by atoms with Gasteiger partial charge in [-0.2, -0.15) is 0 Å². The molecule has 2 N–H and O–H groups in total. The zero-order chi connectivity index (χ0) is 12.5. The van der Waals surface area contributed by atoms with Crippen molar-refractivity contribution in [2.75, 3.05) is 0 Å². The first-order chi connectivity index (χ1) is 8.75. The van der Waals surface area contributed by atoms with Crippen LogP contribution >= 0.6 is 0 Å². The Morgan fingerprint density at radius 3 is 2.89 bits per heavy atom. The number of pyridine rings is 1. The molecule has 4 heteroatoms. The van der Waals surface area contributed by atoms with Gasteiger partial charge in [-0.05, 0) is 22.8 Å². The molecule has 2 heterocycles. The molecule has 18 heavy (non-hydrogen) atoms. The van der Waals surface area contributed by atoms with E-state index in [-0.39, 0.29) is 5.82 Å². The highest BCUT2D eigenvalue weighted by molar-refractivity contribution is 5.38. The Bertz CT molecular complexity index is 586. The number of hydrogen-bond acceptors (Lipinski definition) is 3. The molecule has 0 spiro atoms. The Balaban J connectivity index is 1.98. The SMILES string of the molecule is NC(c1ccc2c(c1)COC2)c1ccncc1F. The van der Waals surface area contributed by atoms with Crippen LogP contribution in [0.2, 0.25) is 0 Å². The van der Waals surface area contributed by atoms with E-state index in [1.165, 1.54) is 11.8 Å². The van der Waals surface area contributed by atoms with Crippen molar-refractivity contribution in [3.63, 3.8) is 0 Å². The van der Waals surface area contributed by atoms with Gasteiger partial charge in [-0.1, -0.05) is 18.2 Å². The van der Waals surface area contributed by atoms with Gasteiger partial charge in [0.05, 0.1) is 25.5 Å². The van der Waals surface area contributed by atoms with Gasteiger partial charge in [0.1, 0.15) is 5.82 Å². The number of halogens is 1. The first kappa shape index (κ1) is 11.3. The summed E-state index contributed by atoms with van der Waals surface area (Å²) in [6.07, 6.45) is 2.74. The van der Waals surface area contributed by atoms with Crippen molar-refractivity contribution in [3.05, 3.63) is 64.7 Å². The van der Waals surface area contributed by atoms with Gasteiger partial charge in [0.25, 0.3) is 0 Å². The normalized spacial score (nSPS) is 15.4. The zero-order valence-corrected chi connectivity index (χ0v) is 9.77. The molecule has 0 radical (unpaired) electrons. The Morgan fingerprint density at radius 1 is 1.22 bits per heavy atom. The van der Waals surface area contributed by atoms with Crippen molar-refractivity contribution in [2.45, 2.75) is 19.3 Å². The summed E-state index contributed by atoms with van der Waals surface area (Å²) in [5.74, 6) is -0.373. The molecule has 1 aromatic heterocycles. The highest BCUT2D eigenvalue weighted by Crippen LogP contribution is 2.26. The summed E-state index contributed by atoms with van der Waals surface area (Å²) in [6.45, 7) is 1.25. The highest BCUT2D eigenvalue weighted by atomic mass is 19.1. The predicted molar refractivity (Wildman–Crippen MR) is 65.2 cm³/mol. The second kappa shape index (κ2) is 4.48. The summed E-state index contributed by atoms with van der Waals surface area (Å²) < 4.78 is 19.0. The molecular weight excluding hydrogens is 231 g/mol. The topological polar surface area (TPSA) is 48.1 Å². The molecule has 1 unspecified atom stereocenters. The predicted octanol–water partition coefficient (Wildman–Crippen LogP) is 2.30. The number of rotatable bonds is 2. The summed E-state index contributed by atoms with van der Waals surface area (Å²) in [5.41, 5.74) is 9.78. The molecule has 1 atom stereocenters. The van der Waals surface area contributed by atoms with Crippen molar-refractivity contribution in [3.8, 4) is 0 Å². The maximum absolute atomic E-state index is 13.6. The molecule has 1 aliphatic rings. The third-order valence-corrected chi connectivity index (χ3v) is 3.24. The van der Waals surface area contributed by atoms with Crippen LogP contribution in [-0.2, 0) is 18.0 Å². The Hall–Kier alpha value is -1.78. The number of benzene rings is 1. The van der Waals surface area contributed by atoms with Crippen molar-refractivity contribution in [2.24, 2.45) is 5.73 Å². The number of fused-ring (bicyclic) bond motifs is 1. The number of ether oxygens (including phenoxy) is 1. The third-order valence-electron chi connectivity index (χ3n) is 3.24. The van der Waals surface area contributed by atoms with E-state index in [0.717, 1.165) is 11.1 Å². The molecule has 0 aliphatic carbocycles. The molecule has 0 amide bonds. The van der Waals surface area contributed by atoms with E-state index < -0.39 is 6.04 Å². The maximum atomic E-state index is 13.6. The molecule has 0 fully saturated rings. The van der Waals surface area contributed by atoms with Gasteiger partial charge in [0.15, 0.2) is 0 Å². The van der Waals surface area contributed by atoms with Crippen LogP contribution < -0.4 is 5.73 Å². The molecule has 1 aliphatic heterocycles. The molecule has 3 nitrogen and oxygen atoms in total. The molecule has 2 aromatic rings. The van der Waals surface area contributed by atoms with Gasteiger partial charge in [-0.25, -0.2) is 4.39 Å². The molecule has 0 bridgehead atoms. The average molecular weight is 244 g/mol. The van der Waals surface area contributed by atoms with E-state index in [9.17, 15) is 4.39 Å². The fraction of sp³-hybridized carbons (Fsp3) is 0.214. The van der Waals surface area contributed by atoms with Gasteiger partial charge in [-0.15, -0.1) is 0 Å². The third kappa shape index (κ3) is 1.89. The molecule has 92 valence electrons. The fourth-order valence-electron chi connectivity index (χ4n) is 2.20. The Kier molecular flexibility index (Phi) is 2.81. The molecular formula is C14H13FN2O. The van der Waals surface area contributed by atoms with Crippen LogP contribution in [0.3, 0.4) is 0 Å². The van der Waals surface area contributed by atoms with E-state index in [0.29, 0.717) is 18.8 Å². The standard InChI is InChI=1S/C14H13FN2O/c15-13-6-17-4-3-12(13)14(16)9-1-2-10-7-18-8-11(10)5-9/h1-6,14H,7-8,16H2. The summed E-state index contributed by atoms with van der Waals surface area (Å²) in [7, 11) is 0. The number of aromatic nitrogens is 1. The second-order valence-electron chi connectivity index (χ2n) is 4.40. The minimum absolute atomic E-state index is 0.373. The lowest BCUT2D eigenvalue weighted by Gasteiger charge is -2.14. The quantitative estimate of drug-likeness (QED) is 0.881. The maximum Gasteiger partial charge on any atom is 0.146 e. The molecule has 1 aromatic carbocycles. The largest absolute Gasteiger partial charge is 0.372 e. The monoisotopic (exact) mass is 244 g/mol. The van der Waals surface area contributed by atoms with Crippen LogP contribution in [0.15, 0.2) is 36.7 Å². The van der Waals surface area contributed by atoms with Crippen molar-refractivity contribution in [1.29, 1.82) is 0 Å². The van der Waals surface area contributed by atoms with Gasteiger partial charge < -0.3 is 10.5 Å². The van der Waals surface area contributed by atoms with Crippen molar-refractivity contribution < 1.29 is 9.13 Å². The number of hydrogen-bond donors (Lipinski definition) is 1. The first-order valence-corrected chi connectivity index (χ1v) is 5.80. The van der Waals surface area contributed by atoms with E-state index >= 15 is 0 Å². The van der Waals surface area contributed by atoms with Crippen molar-refractivity contribution >= 4 is 0 Å². The molecule has 0 saturated carbocycles. The van der Waals surface area contributed by atoms with Crippen LogP contribution in [0.1, 0.15) is 28.3 Å². The Labute approximate surface area is 104 Å². The average Bonchev–Trinajstić information content (AvgIpc) is 2.85. The zero-order valence-electron chi connectivity index (χ0n) is 9.77. The van der Waals surface area contributed by atoms with E-state index in [1.807, 2.05) is 18.2 Å². The molecule has 0 saturated heterocycles. The van der Waals surface area contributed by atoms with Gasteiger partial charge in [0.2, 0.25) is 0 Å². The van der Waals surface area contributed by atoms with Crippen LogP contribution in [0, 0.1) is 5.82 Å². The van der Waals surface area contributed by atoms with E-state index in [4.69, 9.17) is 10.5 Å². The summed E-state index contributed by atoms with van der Waals surface area (Å²) in [6, 6.07) is 7.06. The lowest BCUT2D eigenvalue weighted by molar-refractivity contribution is 0.134. The van der Waals surface area contributed by atoms with Gasteiger partial charge in [0, 0.05) is 11.8 Å². The van der Waals surface area contributed by atoms with Crippen LogP contribution in [0.4, 0.5) is 4.39 Å². The van der Waals surface area contributed by atoms with Crippen LogP contribution in [-0.4, -0.2) is 4.98 Å². The highest BCUT2D eigenvalue weighted by Gasteiger charge is 2.17. The minimum atomic E-state index is -0.473. The Morgan fingerprint density at radius 2 is 2.06 bits per heavy atom. The van der Waals surface area contributed by atoms with E-state index in [1.54, 1.807) is 12.3 Å². The van der Waals surface area contributed by atoms with Crippen molar-refractivity contribution in [1.82, 2.24) is 4.98 Å². The lowest BCUT2D eigenvalue weighted by Crippen LogP contribution is -2.14. The molecule has 3 rings (SSSR count). The smallest absolute Gasteiger partial charge is 0.146 e. The summed E-state index contributed by atoms with van der Waals surface area (Å²) in [5, 5.41) is 0. The van der Waals surface area contributed by atoms with E-state index in [2.05, 4.69) is 4.98 Å². The fourth-order valence-corrected chi connectivity index (χ4v) is 2.20. The first-order valence-electron chi connectivity index (χ1n) is 5.80. The minimum Gasteiger partial charge on any atom is -0.372 e.